The predicted molar refractivity (Wildman–Crippen MR) is 70.3 cm³/mol. The lowest BCUT2D eigenvalue weighted by atomic mass is 9.87. The molecule has 0 aromatic carbocycles. The molecule has 1 aromatic rings. The number of aryl methyl sites for hydroxylation is 2. The molecule has 4 heteroatoms. The molecular formula is C13H20N2OS. The van der Waals surface area contributed by atoms with Crippen LogP contribution in [0, 0.1) is 12.8 Å². The molecule has 0 saturated heterocycles. The van der Waals surface area contributed by atoms with E-state index < -0.39 is 0 Å². The molecule has 0 atom stereocenters. The lowest BCUT2D eigenvalue weighted by Crippen LogP contribution is -2.19. The van der Waals surface area contributed by atoms with Crippen molar-refractivity contribution in [1.29, 1.82) is 0 Å². The summed E-state index contributed by atoms with van der Waals surface area (Å²) in [4.78, 5) is 12.0. The average molecular weight is 252 g/mol. The minimum Gasteiger partial charge on any atom is -0.298 e. The van der Waals surface area contributed by atoms with Crippen molar-refractivity contribution in [3.8, 4) is 0 Å². The van der Waals surface area contributed by atoms with Gasteiger partial charge in [-0.25, -0.2) is 0 Å². The molecule has 0 amide bonds. The molecular weight excluding hydrogens is 232 g/mol. The van der Waals surface area contributed by atoms with Crippen LogP contribution in [0.25, 0.3) is 0 Å². The normalized spacial score (nSPS) is 17.3. The molecule has 1 heterocycles. The lowest BCUT2D eigenvalue weighted by Gasteiger charge is -2.19. The summed E-state index contributed by atoms with van der Waals surface area (Å²) in [5, 5.41) is 5.38. The maximum absolute atomic E-state index is 12.0. The Bertz CT molecular complexity index is 394. The molecule has 0 spiro atoms. The maximum atomic E-state index is 12.0. The second kappa shape index (κ2) is 5.71. The van der Waals surface area contributed by atoms with E-state index in [0.717, 1.165) is 23.6 Å². The van der Waals surface area contributed by atoms with Gasteiger partial charge in [-0.05, 0) is 25.8 Å². The number of carbonyl (C=O) groups excluding carboxylic acids is 1. The Kier molecular flexibility index (Phi) is 4.26. The van der Waals surface area contributed by atoms with Crippen LogP contribution in [0.15, 0.2) is 11.1 Å². The molecule has 17 heavy (non-hydrogen) atoms. The van der Waals surface area contributed by atoms with Crippen LogP contribution in [0.3, 0.4) is 0 Å². The first-order valence-corrected chi connectivity index (χ1v) is 7.31. The fourth-order valence-electron chi connectivity index (χ4n) is 2.41. The third kappa shape index (κ3) is 3.35. The molecule has 2 rings (SSSR count). The zero-order valence-electron chi connectivity index (χ0n) is 10.6. The van der Waals surface area contributed by atoms with E-state index in [1.165, 1.54) is 19.3 Å². The van der Waals surface area contributed by atoms with Crippen molar-refractivity contribution in [2.75, 3.05) is 5.75 Å². The number of thioether (sulfide) groups is 1. The molecule has 1 aliphatic rings. The number of rotatable bonds is 4. The van der Waals surface area contributed by atoms with E-state index in [1.807, 2.05) is 24.7 Å². The van der Waals surface area contributed by atoms with Gasteiger partial charge in [0.1, 0.15) is 5.78 Å². The number of hydrogen-bond donors (Lipinski definition) is 0. The van der Waals surface area contributed by atoms with Crippen molar-refractivity contribution in [1.82, 2.24) is 9.78 Å². The highest BCUT2D eigenvalue weighted by Gasteiger charge is 2.21. The molecule has 0 N–H and O–H groups in total. The van der Waals surface area contributed by atoms with Crippen LogP contribution in [0.4, 0.5) is 0 Å². The van der Waals surface area contributed by atoms with Gasteiger partial charge < -0.3 is 0 Å². The van der Waals surface area contributed by atoms with E-state index in [4.69, 9.17) is 0 Å². The Morgan fingerprint density at radius 3 is 2.76 bits per heavy atom. The highest BCUT2D eigenvalue weighted by molar-refractivity contribution is 7.99. The van der Waals surface area contributed by atoms with Gasteiger partial charge in [0.2, 0.25) is 0 Å². The topological polar surface area (TPSA) is 34.9 Å². The van der Waals surface area contributed by atoms with E-state index in [2.05, 4.69) is 5.10 Å². The summed E-state index contributed by atoms with van der Waals surface area (Å²) in [6.45, 7) is 1.98. The second-order valence-corrected chi connectivity index (χ2v) is 5.83. The Hall–Kier alpha value is -0.770. The third-order valence-electron chi connectivity index (χ3n) is 3.38. The molecule has 0 radical (unpaired) electrons. The number of nitrogens with zero attached hydrogens (tertiary/aromatic N) is 2. The molecule has 1 aromatic heterocycles. The predicted octanol–water partition coefficient (Wildman–Crippen LogP) is 2.97. The Morgan fingerprint density at radius 2 is 2.18 bits per heavy atom. The van der Waals surface area contributed by atoms with Crippen LogP contribution in [-0.4, -0.2) is 21.3 Å². The summed E-state index contributed by atoms with van der Waals surface area (Å²) in [5.74, 6) is 1.35. The van der Waals surface area contributed by atoms with E-state index in [-0.39, 0.29) is 0 Å². The molecule has 1 aliphatic carbocycles. The first kappa shape index (κ1) is 12.7. The molecule has 3 nitrogen and oxygen atoms in total. The summed E-state index contributed by atoms with van der Waals surface area (Å²) in [6.07, 6.45) is 5.96. The highest BCUT2D eigenvalue weighted by Crippen LogP contribution is 2.27. The van der Waals surface area contributed by atoms with Crippen molar-refractivity contribution in [3.63, 3.8) is 0 Å². The van der Waals surface area contributed by atoms with Crippen LogP contribution >= 0.6 is 11.8 Å². The largest absolute Gasteiger partial charge is 0.298 e. The van der Waals surface area contributed by atoms with Crippen LogP contribution in [0.5, 0.6) is 0 Å². The summed E-state index contributed by atoms with van der Waals surface area (Å²) in [7, 11) is 1.93. The Morgan fingerprint density at radius 1 is 1.47 bits per heavy atom. The quantitative estimate of drug-likeness (QED) is 0.773. The zero-order chi connectivity index (χ0) is 12.3. The van der Waals surface area contributed by atoms with Gasteiger partial charge in [-0.15, -0.1) is 0 Å². The van der Waals surface area contributed by atoms with Gasteiger partial charge in [-0.2, -0.15) is 5.10 Å². The third-order valence-corrected chi connectivity index (χ3v) is 4.49. The lowest BCUT2D eigenvalue weighted by molar-refractivity contribution is -0.121. The van der Waals surface area contributed by atoms with Gasteiger partial charge >= 0.3 is 0 Å². The number of ketones is 1. The van der Waals surface area contributed by atoms with Crippen LogP contribution in [0.2, 0.25) is 0 Å². The molecule has 0 unspecified atom stereocenters. The minimum absolute atomic E-state index is 0.325. The minimum atomic E-state index is 0.325. The van der Waals surface area contributed by atoms with E-state index >= 15 is 0 Å². The number of carbonyl (C=O) groups is 1. The number of hydrogen-bond acceptors (Lipinski definition) is 3. The molecule has 0 bridgehead atoms. The van der Waals surface area contributed by atoms with Crippen LogP contribution < -0.4 is 0 Å². The molecule has 1 fully saturated rings. The summed E-state index contributed by atoms with van der Waals surface area (Å²) in [6, 6.07) is 2.04. The molecule has 0 aliphatic heterocycles. The Balaban J connectivity index is 1.85. The summed E-state index contributed by atoms with van der Waals surface area (Å²) >= 11 is 1.62. The maximum Gasteiger partial charge on any atom is 0.146 e. The average Bonchev–Trinajstić information content (AvgIpc) is 2.66. The van der Waals surface area contributed by atoms with Crippen molar-refractivity contribution >= 4 is 17.5 Å². The number of aromatic nitrogens is 2. The van der Waals surface area contributed by atoms with Crippen molar-refractivity contribution in [3.05, 3.63) is 11.8 Å². The second-order valence-electron chi connectivity index (χ2n) is 4.84. The van der Waals surface area contributed by atoms with Crippen molar-refractivity contribution in [2.24, 2.45) is 13.0 Å². The van der Waals surface area contributed by atoms with Crippen LogP contribution in [-0.2, 0) is 11.8 Å². The first-order chi connectivity index (χ1) is 8.16. The van der Waals surface area contributed by atoms with Gasteiger partial charge in [-0.3, -0.25) is 9.48 Å². The van der Waals surface area contributed by atoms with Crippen LogP contribution in [0.1, 0.15) is 37.8 Å². The monoisotopic (exact) mass is 252 g/mol. The van der Waals surface area contributed by atoms with Crippen molar-refractivity contribution in [2.45, 2.75) is 44.1 Å². The van der Waals surface area contributed by atoms with Gasteiger partial charge in [0.05, 0.1) is 16.5 Å². The van der Waals surface area contributed by atoms with Gasteiger partial charge in [0, 0.05) is 13.0 Å². The van der Waals surface area contributed by atoms with Gasteiger partial charge in [-0.1, -0.05) is 31.0 Å². The molecule has 1 saturated carbocycles. The van der Waals surface area contributed by atoms with Gasteiger partial charge in [0.15, 0.2) is 0 Å². The smallest absolute Gasteiger partial charge is 0.146 e. The van der Waals surface area contributed by atoms with E-state index in [1.54, 1.807) is 11.8 Å². The van der Waals surface area contributed by atoms with Crippen molar-refractivity contribution < 1.29 is 4.79 Å². The fraction of sp³-hybridized carbons (Fsp3) is 0.692. The van der Waals surface area contributed by atoms with E-state index in [0.29, 0.717) is 17.5 Å². The first-order valence-electron chi connectivity index (χ1n) is 6.33. The SMILES string of the molecule is Cc1cc(SCC(=O)C2CCCCC2)n(C)n1. The summed E-state index contributed by atoms with van der Waals surface area (Å²) in [5.41, 5.74) is 1.01. The zero-order valence-corrected chi connectivity index (χ0v) is 11.4. The number of Topliss-reactive ketones (excluding diaryl/α,β-unsaturated/α-hetero) is 1. The fourth-order valence-corrected chi connectivity index (χ4v) is 3.42. The summed E-state index contributed by atoms with van der Waals surface area (Å²) < 4.78 is 1.86. The Labute approximate surface area is 107 Å². The van der Waals surface area contributed by atoms with Gasteiger partial charge in [0.25, 0.3) is 0 Å². The standard InChI is InChI=1S/C13H20N2OS/c1-10-8-13(15(2)14-10)17-9-12(16)11-6-4-3-5-7-11/h8,11H,3-7,9H2,1-2H3. The highest BCUT2D eigenvalue weighted by atomic mass is 32.2. The molecule has 94 valence electrons. The van der Waals surface area contributed by atoms with E-state index in [9.17, 15) is 4.79 Å².